The maximum Gasteiger partial charge on any atom is 0.240 e. The number of benzene rings is 1. The minimum Gasteiger partial charge on any atom is -0.367 e. The van der Waals surface area contributed by atoms with Gasteiger partial charge in [0.25, 0.3) is 0 Å². The van der Waals surface area contributed by atoms with E-state index in [2.05, 4.69) is 46.5 Å². The Morgan fingerprint density at radius 1 is 0.929 bits per heavy atom. The van der Waals surface area contributed by atoms with E-state index in [-0.39, 0.29) is 11.4 Å². The van der Waals surface area contributed by atoms with Gasteiger partial charge < -0.3 is 10.6 Å². The zero-order valence-electron chi connectivity index (χ0n) is 15.1. The van der Waals surface area contributed by atoms with Crippen LogP contribution >= 0.6 is 15.9 Å². The Morgan fingerprint density at radius 3 is 2.32 bits per heavy atom. The number of nitrogens with one attached hydrogen (secondary N) is 3. The van der Waals surface area contributed by atoms with Crippen molar-refractivity contribution in [2.45, 2.75) is 11.8 Å². The summed E-state index contributed by atoms with van der Waals surface area (Å²) in [5, 5.41) is 14.2. The van der Waals surface area contributed by atoms with Crippen molar-refractivity contribution >= 4 is 43.4 Å². The lowest BCUT2D eigenvalue weighted by Crippen LogP contribution is -2.29. The summed E-state index contributed by atoms with van der Waals surface area (Å²) in [6, 6.07) is 13.8. The molecule has 3 aromatic rings. The number of anilines is 3. The van der Waals surface area contributed by atoms with Crippen LogP contribution in [0.25, 0.3) is 0 Å². The maximum atomic E-state index is 12.2. The van der Waals surface area contributed by atoms with E-state index in [9.17, 15) is 8.42 Å². The summed E-state index contributed by atoms with van der Waals surface area (Å²) >= 11 is 3.28. The molecule has 0 spiro atoms. The summed E-state index contributed by atoms with van der Waals surface area (Å²) in [5.74, 6) is 1.81. The van der Waals surface area contributed by atoms with E-state index < -0.39 is 10.0 Å². The quantitative estimate of drug-likeness (QED) is 0.441. The number of aromatic nitrogens is 3. The first kappa shape index (κ1) is 20.2. The molecule has 3 N–H and O–H groups in total. The van der Waals surface area contributed by atoms with Crippen molar-refractivity contribution in [2.24, 2.45) is 0 Å². The lowest BCUT2D eigenvalue weighted by molar-refractivity contribution is 0.583. The zero-order valence-corrected chi connectivity index (χ0v) is 17.5. The molecule has 28 heavy (non-hydrogen) atoms. The van der Waals surface area contributed by atoms with E-state index >= 15 is 0 Å². The van der Waals surface area contributed by atoms with Gasteiger partial charge in [-0.05, 0) is 61.0 Å². The van der Waals surface area contributed by atoms with Crippen LogP contribution in [0, 0.1) is 6.92 Å². The first-order valence-corrected chi connectivity index (χ1v) is 10.7. The van der Waals surface area contributed by atoms with Gasteiger partial charge >= 0.3 is 0 Å². The molecule has 8 nitrogen and oxygen atoms in total. The van der Waals surface area contributed by atoms with Crippen LogP contribution in [-0.4, -0.2) is 36.7 Å². The van der Waals surface area contributed by atoms with Gasteiger partial charge in [-0.25, -0.2) is 18.1 Å². The van der Waals surface area contributed by atoms with Crippen LogP contribution in [0.15, 0.2) is 64.1 Å². The van der Waals surface area contributed by atoms with Crippen LogP contribution in [0.3, 0.4) is 0 Å². The standard InChI is InChI=1S/C18H19BrN6O2S/c1-13-8-9-20-18(12-13)23-17-7-6-16(24-25-17)21-10-11-22-28(26,27)15-4-2-14(19)3-5-15/h2-9,12,22H,10-11H2,1H3,(H,21,24)(H,20,23,25). The Bertz CT molecular complexity index is 1030. The number of rotatable bonds is 8. The third-order valence-corrected chi connectivity index (χ3v) is 5.69. The Kier molecular flexibility index (Phi) is 6.55. The molecule has 0 unspecified atom stereocenters. The van der Waals surface area contributed by atoms with E-state index in [0.29, 0.717) is 24.0 Å². The Balaban J connectivity index is 1.48. The van der Waals surface area contributed by atoms with Crippen molar-refractivity contribution in [3.8, 4) is 0 Å². The van der Waals surface area contributed by atoms with Crippen molar-refractivity contribution < 1.29 is 8.42 Å². The molecule has 0 bridgehead atoms. The number of nitrogens with zero attached hydrogens (tertiary/aromatic N) is 3. The van der Waals surface area contributed by atoms with Gasteiger partial charge in [0, 0.05) is 23.8 Å². The molecule has 1 aromatic carbocycles. The zero-order chi connectivity index (χ0) is 20.0. The molecule has 0 saturated carbocycles. The van der Waals surface area contributed by atoms with E-state index in [1.54, 1.807) is 42.6 Å². The monoisotopic (exact) mass is 462 g/mol. The number of aryl methyl sites for hydroxylation is 1. The van der Waals surface area contributed by atoms with Gasteiger partial charge in [0.1, 0.15) is 11.6 Å². The molecule has 0 aliphatic heterocycles. The third kappa shape index (κ3) is 5.72. The molecule has 146 valence electrons. The van der Waals surface area contributed by atoms with Crippen LogP contribution in [0.1, 0.15) is 5.56 Å². The first-order valence-electron chi connectivity index (χ1n) is 8.45. The second-order valence-corrected chi connectivity index (χ2v) is 8.61. The van der Waals surface area contributed by atoms with Gasteiger partial charge in [0.15, 0.2) is 5.82 Å². The van der Waals surface area contributed by atoms with Crippen molar-refractivity contribution in [1.29, 1.82) is 0 Å². The largest absolute Gasteiger partial charge is 0.367 e. The molecule has 0 fully saturated rings. The first-order chi connectivity index (χ1) is 13.4. The number of sulfonamides is 1. The molecule has 0 amide bonds. The molecular weight excluding hydrogens is 444 g/mol. The normalized spacial score (nSPS) is 11.2. The minimum absolute atomic E-state index is 0.216. The number of hydrogen-bond acceptors (Lipinski definition) is 7. The average Bonchev–Trinajstić information content (AvgIpc) is 2.67. The van der Waals surface area contributed by atoms with Crippen molar-refractivity contribution in [2.75, 3.05) is 23.7 Å². The van der Waals surface area contributed by atoms with Crippen molar-refractivity contribution in [1.82, 2.24) is 19.9 Å². The molecule has 2 heterocycles. The number of pyridine rings is 1. The topological polar surface area (TPSA) is 109 Å². The summed E-state index contributed by atoms with van der Waals surface area (Å²) in [5.41, 5.74) is 1.09. The van der Waals surface area contributed by atoms with Crippen LogP contribution in [-0.2, 0) is 10.0 Å². The fraction of sp³-hybridized carbons (Fsp3) is 0.167. The third-order valence-electron chi connectivity index (χ3n) is 3.68. The minimum atomic E-state index is -3.54. The van der Waals surface area contributed by atoms with Gasteiger partial charge in [-0.1, -0.05) is 15.9 Å². The van der Waals surface area contributed by atoms with E-state index in [1.165, 1.54) is 0 Å². The van der Waals surface area contributed by atoms with Crippen molar-refractivity contribution in [3.63, 3.8) is 0 Å². The SMILES string of the molecule is Cc1ccnc(Nc2ccc(NCCNS(=O)(=O)c3ccc(Br)cc3)nn2)c1. The molecule has 0 aliphatic rings. The van der Waals surface area contributed by atoms with E-state index in [4.69, 9.17) is 0 Å². The second kappa shape index (κ2) is 9.09. The predicted octanol–water partition coefficient (Wildman–Crippen LogP) is 3.08. The Morgan fingerprint density at radius 2 is 1.64 bits per heavy atom. The fourth-order valence-electron chi connectivity index (χ4n) is 2.30. The highest BCUT2D eigenvalue weighted by atomic mass is 79.9. The molecule has 0 atom stereocenters. The lowest BCUT2D eigenvalue weighted by atomic mass is 10.3. The van der Waals surface area contributed by atoms with Crippen LogP contribution in [0.4, 0.5) is 17.5 Å². The lowest BCUT2D eigenvalue weighted by Gasteiger charge is -2.09. The molecule has 3 rings (SSSR count). The summed E-state index contributed by atoms with van der Waals surface area (Å²) < 4.78 is 27.8. The molecular formula is C18H19BrN6O2S. The van der Waals surface area contributed by atoms with Crippen molar-refractivity contribution in [3.05, 3.63) is 64.8 Å². The van der Waals surface area contributed by atoms with Gasteiger partial charge in [0.2, 0.25) is 10.0 Å². The predicted molar refractivity (Wildman–Crippen MR) is 112 cm³/mol. The summed E-state index contributed by atoms with van der Waals surface area (Å²) in [6.07, 6.45) is 1.72. The molecule has 0 radical (unpaired) electrons. The van der Waals surface area contributed by atoms with Gasteiger partial charge in [0.05, 0.1) is 4.90 Å². The second-order valence-electron chi connectivity index (χ2n) is 5.93. The molecule has 0 saturated heterocycles. The van der Waals surface area contributed by atoms with Crippen LogP contribution < -0.4 is 15.4 Å². The van der Waals surface area contributed by atoms with E-state index in [1.807, 2.05) is 19.1 Å². The van der Waals surface area contributed by atoms with Gasteiger partial charge in [-0.2, -0.15) is 0 Å². The Hall–Kier alpha value is -2.56. The molecule has 10 heteroatoms. The fourth-order valence-corrected chi connectivity index (χ4v) is 3.60. The van der Waals surface area contributed by atoms with Gasteiger partial charge in [-0.15, -0.1) is 10.2 Å². The number of halogens is 1. The summed E-state index contributed by atoms with van der Waals surface area (Å²) in [6.45, 7) is 2.57. The highest BCUT2D eigenvalue weighted by Gasteiger charge is 2.12. The average molecular weight is 463 g/mol. The van der Waals surface area contributed by atoms with Crippen LogP contribution in [0.5, 0.6) is 0 Å². The van der Waals surface area contributed by atoms with Gasteiger partial charge in [-0.3, -0.25) is 0 Å². The molecule has 0 aliphatic carbocycles. The highest BCUT2D eigenvalue weighted by Crippen LogP contribution is 2.15. The summed E-state index contributed by atoms with van der Waals surface area (Å²) in [7, 11) is -3.54. The maximum absolute atomic E-state index is 12.2. The molecule has 2 aromatic heterocycles. The van der Waals surface area contributed by atoms with Crippen LogP contribution in [0.2, 0.25) is 0 Å². The summed E-state index contributed by atoms with van der Waals surface area (Å²) in [4.78, 5) is 4.43. The smallest absolute Gasteiger partial charge is 0.240 e. The number of hydrogen-bond donors (Lipinski definition) is 3. The van der Waals surface area contributed by atoms with E-state index in [0.717, 1.165) is 10.0 Å². The Labute approximate surface area is 172 Å². The highest BCUT2D eigenvalue weighted by molar-refractivity contribution is 9.10.